The minimum atomic E-state index is -1.30. The van der Waals surface area contributed by atoms with Crippen molar-refractivity contribution in [2.75, 3.05) is 12.0 Å². The van der Waals surface area contributed by atoms with E-state index in [0.29, 0.717) is 11.1 Å². The Balaban J connectivity index is 1.62. The van der Waals surface area contributed by atoms with Crippen LogP contribution in [0.1, 0.15) is 50.2 Å². The number of ether oxygens (including phenoxy) is 1. The van der Waals surface area contributed by atoms with Crippen molar-refractivity contribution in [2.45, 2.75) is 57.2 Å². The minimum Gasteiger partial charge on any atom is -0.497 e. The maximum absolute atomic E-state index is 14.5. The van der Waals surface area contributed by atoms with Gasteiger partial charge in [-0.1, -0.05) is 31.4 Å². The molecule has 32 heavy (non-hydrogen) atoms. The SMILES string of the molecule is COc1ccc(CN2C(=O)C=C(C)C23C(=O)N(C2CCCCC2)c2ccc(F)cc23)cc1. The van der Waals surface area contributed by atoms with Crippen LogP contribution < -0.4 is 9.64 Å². The molecule has 5 nitrogen and oxygen atoms in total. The van der Waals surface area contributed by atoms with Crippen LogP contribution in [0.2, 0.25) is 0 Å². The number of amides is 2. The quantitative estimate of drug-likeness (QED) is 0.701. The lowest BCUT2D eigenvalue weighted by Crippen LogP contribution is -2.54. The Hall–Kier alpha value is -3.15. The lowest BCUT2D eigenvalue weighted by atomic mass is 9.84. The van der Waals surface area contributed by atoms with Crippen molar-refractivity contribution in [1.82, 2.24) is 4.90 Å². The van der Waals surface area contributed by atoms with Crippen molar-refractivity contribution in [1.29, 1.82) is 0 Å². The van der Waals surface area contributed by atoms with Gasteiger partial charge < -0.3 is 14.5 Å². The van der Waals surface area contributed by atoms with E-state index in [9.17, 15) is 14.0 Å². The van der Waals surface area contributed by atoms with Crippen molar-refractivity contribution in [2.24, 2.45) is 0 Å². The van der Waals surface area contributed by atoms with E-state index >= 15 is 0 Å². The smallest absolute Gasteiger partial charge is 0.262 e. The molecule has 0 saturated heterocycles. The Morgan fingerprint density at radius 1 is 1.06 bits per heavy atom. The van der Waals surface area contributed by atoms with Crippen molar-refractivity contribution >= 4 is 17.5 Å². The van der Waals surface area contributed by atoms with Crippen molar-refractivity contribution in [3.63, 3.8) is 0 Å². The normalized spacial score (nSPS) is 23.2. The molecule has 0 aromatic heterocycles. The van der Waals surface area contributed by atoms with Gasteiger partial charge in [-0.05, 0) is 61.2 Å². The van der Waals surface area contributed by atoms with E-state index in [1.54, 1.807) is 18.1 Å². The summed E-state index contributed by atoms with van der Waals surface area (Å²) >= 11 is 0. The number of anilines is 1. The highest BCUT2D eigenvalue weighted by molar-refractivity contribution is 6.15. The number of carbonyl (C=O) groups excluding carboxylic acids is 2. The van der Waals surface area contributed by atoms with Gasteiger partial charge in [-0.3, -0.25) is 9.59 Å². The molecule has 0 radical (unpaired) electrons. The Kier molecular flexibility index (Phi) is 5.03. The molecule has 2 heterocycles. The van der Waals surface area contributed by atoms with Gasteiger partial charge in [-0.25, -0.2) is 4.39 Å². The fourth-order valence-corrected chi connectivity index (χ4v) is 5.61. The average Bonchev–Trinajstić information content (AvgIpc) is 3.20. The van der Waals surface area contributed by atoms with E-state index in [2.05, 4.69) is 0 Å². The van der Waals surface area contributed by atoms with Crippen molar-refractivity contribution in [3.8, 4) is 5.75 Å². The van der Waals surface area contributed by atoms with Crippen LogP contribution in [0, 0.1) is 5.82 Å². The third-order valence-corrected chi connectivity index (χ3v) is 7.16. The maximum Gasteiger partial charge on any atom is 0.262 e. The van der Waals surface area contributed by atoms with Crippen LogP contribution in [0.25, 0.3) is 0 Å². The van der Waals surface area contributed by atoms with E-state index in [0.717, 1.165) is 42.7 Å². The summed E-state index contributed by atoms with van der Waals surface area (Å²) in [5.41, 5.74) is 1.52. The first-order valence-corrected chi connectivity index (χ1v) is 11.2. The third kappa shape index (κ3) is 2.96. The summed E-state index contributed by atoms with van der Waals surface area (Å²) in [5, 5.41) is 0. The second-order valence-electron chi connectivity index (χ2n) is 8.94. The zero-order chi connectivity index (χ0) is 22.5. The van der Waals surface area contributed by atoms with E-state index < -0.39 is 11.4 Å². The van der Waals surface area contributed by atoms with Crippen LogP contribution in [0.4, 0.5) is 10.1 Å². The molecule has 1 aliphatic carbocycles. The highest BCUT2D eigenvalue weighted by Gasteiger charge is 2.61. The van der Waals surface area contributed by atoms with Crippen molar-refractivity contribution in [3.05, 3.63) is 71.1 Å². The number of carbonyl (C=O) groups is 2. The fraction of sp³-hybridized carbons (Fsp3) is 0.385. The number of hydrogen-bond donors (Lipinski definition) is 0. The number of halogens is 1. The Morgan fingerprint density at radius 2 is 1.78 bits per heavy atom. The van der Waals surface area contributed by atoms with Crippen LogP contribution in [-0.2, 0) is 21.7 Å². The fourth-order valence-electron chi connectivity index (χ4n) is 5.61. The largest absolute Gasteiger partial charge is 0.497 e. The number of nitrogens with zero attached hydrogens (tertiary/aromatic N) is 2. The minimum absolute atomic E-state index is 0.0752. The first-order chi connectivity index (χ1) is 15.5. The van der Waals surface area contributed by atoms with Gasteiger partial charge in [0.2, 0.25) is 5.91 Å². The molecule has 1 fully saturated rings. The molecule has 0 N–H and O–H groups in total. The lowest BCUT2D eigenvalue weighted by molar-refractivity contribution is -0.139. The number of hydrogen-bond acceptors (Lipinski definition) is 3. The average molecular weight is 435 g/mol. The summed E-state index contributed by atoms with van der Waals surface area (Å²) in [6, 6.07) is 12.1. The molecule has 1 unspecified atom stereocenters. The van der Waals surface area contributed by atoms with E-state index in [-0.39, 0.29) is 24.4 Å². The Labute approximate surface area is 187 Å². The molecular weight excluding hydrogens is 407 g/mol. The van der Waals surface area contributed by atoms with Crippen molar-refractivity contribution < 1.29 is 18.7 Å². The maximum atomic E-state index is 14.5. The lowest BCUT2D eigenvalue weighted by Gasteiger charge is -2.38. The van der Waals surface area contributed by atoms with Gasteiger partial charge in [0.1, 0.15) is 11.6 Å². The van der Waals surface area contributed by atoms with Gasteiger partial charge in [0.15, 0.2) is 5.54 Å². The first kappa shape index (κ1) is 20.7. The monoisotopic (exact) mass is 434 g/mol. The Bertz CT molecular complexity index is 1100. The summed E-state index contributed by atoms with van der Waals surface area (Å²) in [6.45, 7) is 2.06. The molecule has 1 atom stereocenters. The molecule has 3 aliphatic rings. The van der Waals surface area contributed by atoms with Gasteiger partial charge >= 0.3 is 0 Å². The molecule has 1 spiro atoms. The van der Waals surface area contributed by atoms with Gasteiger partial charge in [-0.15, -0.1) is 0 Å². The highest BCUT2D eigenvalue weighted by atomic mass is 19.1. The second kappa shape index (κ2) is 7.76. The standard InChI is InChI=1S/C26H27FN2O3/c1-17-14-24(30)28(16-18-8-11-21(32-2)12-9-18)26(17)22-15-19(27)10-13-23(22)29(25(26)31)20-6-4-3-5-7-20/h8-15,20H,3-7,16H2,1-2H3. The van der Waals surface area contributed by atoms with Crippen LogP contribution in [0.3, 0.4) is 0 Å². The van der Waals surface area contributed by atoms with Gasteiger partial charge in [0, 0.05) is 24.2 Å². The number of fused-ring (bicyclic) bond motifs is 2. The van der Waals surface area contributed by atoms with Crippen LogP contribution in [0.15, 0.2) is 54.1 Å². The molecule has 2 aromatic carbocycles. The predicted octanol–water partition coefficient (Wildman–Crippen LogP) is 4.70. The molecule has 166 valence electrons. The van der Waals surface area contributed by atoms with Crippen LogP contribution in [-0.4, -0.2) is 29.9 Å². The summed E-state index contributed by atoms with van der Waals surface area (Å²) in [6.07, 6.45) is 6.69. The third-order valence-electron chi connectivity index (χ3n) is 7.16. The van der Waals surface area contributed by atoms with Crippen LogP contribution >= 0.6 is 0 Å². The number of rotatable bonds is 4. The molecule has 0 bridgehead atoms. The molecule has 5 rings (SSSR count). The molecular formula is C26H27FN2O3. The summed E-state index contributed by atoms with van der Waals surface area (Å²) in [7, 11) is 1.60. The van der Waals surface area contributed by atoms with Gasteiger partial charge in [0.05, 0.1) is 12.8 Å². The highest BCUT2D eigenvalue weighted by Crippen LogP contribution is 2.53. The van der Waals surface area contributed by atoms with E-state index in [1.165, 1.54) is 24.6 Å². The van der Waals surface area contributed by atoms with Gasteiger partial charge in [-0.2, -0.15) is 0 Å². The first-order valence-electron chi connectivity index (χ1n) is 11.2. The summed E-state index contributed by atoms with van der Waals surface area (Å²) in [4.78, 5) is 30.8. The molecule has 6 heteroatoms. The molecule has 2 aromatic rings. The van der Waals surface area contributed by atoms with E-state index in [1.807, 2.05) is 36.1 Å². The molecule has 1 saturated carbocycles. The zero-order valence-corrected chi connectivity index (χ0v) is 18.4. The number of benzene rings is 2. The van der Waals surface area contributed by atoms with Crippen LogP contribution in [0.5, 0.6) is 5.75 Å². The van der Waals surface area contributed by atoms with Gasteiger partial charge in [0.25, 0.3) is 5.91 Å². The van der Waals surface area contributed by atoms with E-state index in [4.69, 9.17) is 4.74 Å². The summed E-state index contributed by atoms with van der Waals surface area (Å²) in [5.74, 6) is -0.0539. The molecule has 2 amide bonds. The zero-order valence-electron chi connectivity index (χ0n) is 18.4. The number of methoxy groups -OCH3 is 1. The summed E-state index contributed by atoms with van der Waals surface area (Å²) < 4.78 is 19.7. The predicted molar refractivity (Wildman–Crippen MR) is 120 cm³/mol. The Morgan fingerprint density at radius 3 is 2.47 bits per heavy atom. The molecule has 2 aliphatic heterocycles. The topological polar surface area (TPSA) is 49.9 Å². The second-order valence-corrected chi connectivity index (χ2v) is 8.94.